The molecule has 2 rings (SSSR count). The van der Waals surface area contributed by atoms with Crippen LogP contribution in [0.15, 0.2) is 42.5 Å². The summed E-state index contributed by atoms with van der Waals surface area (Å²) in [6.45, 7) is 1.87. The molecule has 3 nitrogen and oxygen atoms in total. The van der Waals surface area contributed by atoms with Crippen molar-refractivity contribution in [1.82, 2.24) is 0 Å². The van der Waals surface area contributed by atoms with Crippen molar-refractivity contribution in [3.63, 3.8) is 0 Å². The Hall–Kier alpha value is -2.00. The minimum atomic E-state index is -0.113. The first-order valence-corrected chi connectivity index (χ1v) is 6.33. The number of benzene rings is 2. The Morgan fingerprint density at radius 3 is 2.63 bits per heavy atom. The second-order valence-corrected chi connectivity index (χ2v) is 4.81. The smallest absolute Gasteiger partial charge is 0.228 e. The van der Waals surface area contributed by atoms with Crippen LogP contribution in [0.1, 0.15) is 11.1 Å². The molecule has 4 heteroatoms. The molecule has 0 fully saturated rings. The molecule has 2 aromatic carbocycles. The Labute approximate surface area is 117 Å². The number of rotatable bonds is 3. The largest absolute Gasteiger partial charge is 0.397 e. The van der Waals surface area contributed by atoms with Gasteiger partial charge in [-0.05, 0) is 30.2 Å². The molecule has 0 aliphatic heterocycles. The Morgan fingerprint density at radius 1 is 1.26 bits per heavy atom. The third kappa shape index (κ3) is 3.48. The van der Waals surface area contributed by atoms with E-state index in [0.717, 1.165) is 11.1 Å². The Morgan fingerprint density at radius 2 is 1.95 bits per heavy atom. The van der Waals surface area contributed by atoms with Crippen molar-refractivity contribution >= 4 is 28.9 Å². The zero-order valence-electron chi connectivity index (χ0n) is 10.6. The van der Waals surface area contributed by atoms with Crippen LogP contribution in [0.3, 0.4) is 0 Å². The standard InChI is InChI=1S/C15H15ClN2O/c1-10-7-13(17)14(9-12(10)16)18-15(19)8-11-5-3-2-4-6-11/h2-7,9H,8,17H2,1H3,(H,18,19). The zero-order valence-corrected chi connectivity index (χ0v) is 11.4. The molecule has 3 N–H and O–H groups in total. The fourth-order valence-corrected chi connectivity index (χ4v) is 1.95. The van der Waals surface area contributed by atoms with E-state index in [1.807, 2.05) is 37.3 Å². The number of halogens is 1. The average molecular weight is 275 g/mol. The monoisotopic (exact) mass is 274 g/mol. The molecule has 0 aliphatic carbocycles. The van der Waals surface area contributed by atoms with E-state index in [4.69, 9.17) is 17.3 Å². The van der Waals surface area contributed by atoms with Gasteiger partial charge in [0.2, 0.25) is 5.91 Å². The Balaban J connectivity index is 2.09. The fourth-order valence-electron chi connectivity index (χ4n) is 1.79. The van der Waals surface area contributed by atoms with E-state index in [1.165, 1.54) is 0 Å². The molecule has 0 spiro atoms. The molecular formula is C15H15ClN2O. The Kier molecular flexibility index (Phi) is 4.07. The van der Waals surface area contributed by atoms with Crippen molar-refractivity contribution < 1.29 is 4.79 Å². The number of nitrogens with one attached hydrogen (secondary N) is 1. The molecule has 19 heavy (non-hydrogen) atoms. The second-order valence-electron chi connectivity index (χ2n) is 4.40. The van der Waals surface area contributed by atoms with Gasteiger partial charge in [-0.3, -0.25) is 4.79 Å². The lowest BCUT2D eigenvalue weighted by molar-refractivity contribution is -0.115. The normalized spacial score (nSPS) is 10.2. The summed E-state index contributed by atoms with van der Waals surface area (Å²) in [5, 5.41) is 3.37. The van der Waals surface area contributed by atoms with Crippen LogP contribution in [0.4, 0.5) is 11.4 Å². The summed E-state index contributed by atoms with van der Waals surface area (Å²) in [5.41, 5.74) is 8.77. The summed E-state index contributed by atoms with van der Waals surface area (Å²) < 4.78 is 0. The fraction of sp³-hybridized carbons (Fsp3) is 0.133. The van der Waals surface area contributed by atoms with Crippen molar-refractivity contribution in [2.24, 2.45) is 0 Å². The van der Waals surface area contributed by atoms with Crippen LogP contribution >= 0.6 is 11.6 Å². The molecule has 0 saturated carbocycles. The van der Waals surface area contributed by atoms with Crippen molar-refractivity contribution in [2.75, 3.05) is 11.1 Å². The molecule has 1 amide bonds. The molecule has 98 valence electrons. The summed E-state index contributed by atoms with van der Waals surface area (Å²) in [7, 11) is 0. The van der Waals surface area contributed by atoms with Gasteiger partial charge >= 0.3 is 0 Å². The van der Waals surface area contributed by atoms with Gasteiger partial charge in [0.05, 0.1) is 17.8 Å². The van der Waals surface area contributed by atoms with Crippen molar-refractivity contribution in [2.45, 2.75) is 13.3 Å². The van der Waals surface area contributed by atoms with E-state index in [-0.39, 0.29) is 5.91 Å². The summed E-state index contributed by atoms with van der Waals surface area (Å²) in [5.74, 6) is -0.113. The van der Waals surface area contributed by atoms with Crippen LogP contribution in [0.5, 0.6) is 0 Å². The van der Waals surface area contributed by atoms with Gasteiger partial charge in [0.15, 0.2) is 0 Å². The van der Waals surface area contributed by atoms with E-state index in [2.05, 4.69) is 5.32 Å². The number of nitrogen functional groups attached to an aromatic ring is 1. The number of aryl methyl sites for hydroxylation is 1. The van der Waals surface area contributed by atoms with E-state index < -0.39 is 0 Å². The summed E-state index contributed by atoms with van der Waals surface area (Å²) in [6, 6.07) is 13.0. The van der Waals surface area contributed by atoms with Crippen molar-refractivity contribution in [3.8, 4) is 0 Å². The lowest BCUT2D eigenvalue weighted by Crippen LogP contribution is -2.15. The molecule has 0 unspecified atom stereocenters. The maximum absolute atomic E-state index is 11.9. The van der Waals surface area contributed by atoms with Gasteiger partial charge in [0.25, 0.3) is 0 Å². The number of hydrogen-bond donors (Lipinski definition) is 2. The second kappa shape index (κ2) is 5.76. The van der Waals surface area contributed by atoms with Gasteiger partial charge in [-0.15, -0.1) is 0 Å². The number of anilines is 2. The van der Waals surface area contributed by atoms with Gasteiger partial charge in [0, 0.05) is 5.02 Å². The number of carbonyl (C=O) groups excluding carboxylic acids is 1. The molecular weight excluding hydrogens is 260 g/mol. The maximum atomic E-state index is 11.9. The number of carbonyl (C=O) groups is 1. The molecule has 0 aromatic heterocycles. The minimum Gasteiger partial charge on any atom is -0.397 e. The molecule has 0 aliphatic rings. The van der Waals surface area contributed by atoms with Crippen LogP contribution in [0, 0.1) is 6.92 Å². The van der Waals surface area contributed by atoms with Crippen LogP contribution in [0.2, 0.25) is 5.02 Å². The zero-order chi connectivity index (χ0) is 13.8. The third-order valence-electron chi connectivity index (χ3n) is 2.81. The highest BCUT2D eigenvalue weighted by Gasteiger charge is 2.08. The molecule has 0 saturated heterocycles. The highest BCUT2D eigenvalue weighted by atomic mass is 35.5. The van der Waals surface area contributed by atoms with Gasteiger partial charge < -0.3 is 11.1 Å². The summed E-state index contributed by atoms with van der Waals surface area (Å²) in [6.07, 6.45) is 0.311. The molecule has 0 radical (unpaired) electrons. The van der Waals surface area contributed by atoms with Crippen molar-refractivity contribution in [1.29, 1.82) is 0 Å². The van der Waals surface area contributed by atoms with Gasteiger partial charge in [-0.25, -0.2) is 0 Å². The first kappa shape index (κ1) is 13.4. The molecule has 2 aromatic rings. The highest BCUT2D eigenvalue weighted by Crippen LogP contribution is 2.26. The van der Waals surface area contributed by atoms with Crippen LogP contribution in [0.25, 0.3) is 0 Å². The first-order valence-electron chi connectivity index (χ1n) is 5.95. The van der Waals surface area contributed by atoms with Crippen LogP contribution in [-0.2, 0) is 11.2 Å². The van der Waals surface area contributed by atoms with Gasteiger partial charge in [-0.2, -0.15) is 0 Å². The van der Waals surface area contributed by atoms with E-state index in [9.17, 15) is 4.79 Å². The lowest BCUT2D eigenvalue weighted by atomic mass is 10.1. The average Bonchev–Trinajstić information content (AvgIpc) is 2.37. The SMILES string of the molecule is Cc1cc(N)c(NC(=O)Cc2ccccc2)cc1Cl. The Bertz CT molecular complexity index is 597. The molecule has 0 heterocycles. The lowest BCUT2D eigenvalue weighted by Gasteiger charge is -2.10. The number of amides is 1. The van der Waals surface area contributed by atoms with Crippen LogP contribution < -0.4 is 11.1 Å². The third-order valence-corrected chi connectivity index (χ3v) is 3.22. The highest BCUT2D eigenvalue weighted by molar-refractivity contribution is 6.31. The number of nitrogens with two attached hydrogens (primary N) is 1. The van der Waals surface area contributed by atoms with E-state index >= 15 is 0 Å². The van der Waals surface area contributed by atoms with Gasteiger partial charge in [0.1, 0.15) is 0 Å². The quantitative estimate of drug-likeness (QED) is 0.843. The molecule has 0 atom stereocenters. The number of hydrogen-bond acceptors (Lipinski definition) is 2. The van der Waals surface area contributed by atoms with E-state index in [1.54, 1.807) is 12.1 Å². The topological polar surface area (TPSA) is 55.1 Å². The first-order chi connectivity index (χ1) is 9.06. The summed E-state index contributed by atoms with van der Waals surface area (Å²) >= 11 is 6.02. The van der Waals surface area contributed by atoms with Crippen LogP contribution in [-0.4, -0.2) is 5.91 Å². The molecule has 0 bridgehead atoms. The van der Waals surface area contributed by atoms with Crippen molar-refractivity contribution in [3.05, 3.63) is 58.6 Å². The predicted molar refractivity (Wildman–Crippen MR) is 79.4 cm³/mol. The van der Waals surface area contributed by atoms with E-state index in [0.29, 0.717) is 22.8 Å². The minimum absolute atomic E-state index is 0.113. The maximum Gasteiger partial charge on any atom is 0.228 e. The summed E-state index contributed by atoms with van der Waals surface area (Å²) in [4.78, 5) is 11.9. The predicted octanol–water partition coefficient (Wildman–Crippen LogP) is 3.41. The van der Waals surface area contributed by atoms with Gasteiger partial charge in [-0.1, -0.05) is 41.9 Å².